The molecule has 150 valence electrons. The van der Waals surface area contributed by atoms with Crippen LogP contribution in [-0.4, -0.2) is 45.6 Å². The number of carbonyl (C=O) groups is 2. The molecule has 1 aromatic heterocycles. The minimum atomic E-state index is -0.337. The number of aromatic amines is 1. The van der Waals surface area contributed by atoms with Crippen molar-refractivity contribution in [2.75, 3.05) is 13.7 Å². The molecule has 0 atom stereocenters. The molecule has 0 saturated heterocycles. The summed E-state index contributed by atoms with van der Waals surface area (Å²) in [6, 6.07) is 17.2. The van der Waals surface area contributed by atoms with Crippen LogP contribution in [0.5, 0.6) is 0 Å². The SMILES string of the molecule is COC(=O)CCN(Cc1ccccc1)C(=O)c1ccc(CSc2ncn[nH]2)cc1. The van der Waals surface area contributed by atoms with Crippen molar-refractivity contribution in [2.45, 2.75) is 23.9 Å². The van der Waals surface area contributed by atoms with Gasteiger partial charge in [0.05, 0.1) is 13.5 Å². The van der Waals surface area contributed by atoms with Gasteiger partial charge in [0.2, 0.25) is 0 Å². The van der Waals surface area contributed by atoms with E-state index in [0.29, 0.717) is 18.7 Å². The minimum Gasteiger partial charge on any atom is -0.469 e. The van der Waals surface area contributed by atoms with Crippen LogP contribution >= 0.6 is 11.8 Å². The zero-order chi connectivity index (χ0) is 20.5. The van der Waals surface area contributed by atoms with Gasteiger partial charge in [-0.2, -0.15) is 5.10 Å². The predicted molar refractivity (Wildman–Crippen MR) is 110 cm³/mol. The molecule has 3 aromatic rings. The normalized spacial score (nSPS) is 10.5. The van der Waals surface area contributed by atoms with E-state index in [9.17, 15) is 9.59 Å². The van der Waals surface area contributed by atoms with Gasteiger partial charge in [-0.1, -0.05) is 54.2 Å². The Labute approximate surface area is 173 Å². The van der Waals surface area contributed by atoms with Crippen molar-refractivity contribution in [2.24, 2.45) is 0 Å². The number of esters is 1. The second-order valence-electron chi connectivity index (χ2n) is 6.31. The van der Waals surface area contributed by atoms with Gasteiger partial charge < -0.3 is 9.64 Å². The summed E-state index contributed by atoms with van der Waals surface area (Å²) in [6.07, 6.45) is 1.63. The Kier molecular flexibility index (Phi) is 7.40. The van der Waals surface area contributed by atoms with E-state index in [1.807, 2.05) is 54.6 Å². The third kappa shape index (κ3) is 6.18. The van der Waals surface area contributed by atoms with Crippen LogP contribution in [0.15, 0.2) is 66.1 Å². The highest BCUT2D eigenvalue weighted by Gasteiger charge is 2.18. The summed E-state index contributed by atoms with van der Waals surface area (Å²) in [5.41, 5.74) is 2.66. The maximum Gasteiger partial charge on any atom is 0.307 e. The summed E-state index contributed by atoms with van der Waals surface area (Å²) >= 11 is 1.54. The summed E-state index contributed by atoms with van der Waals surface area (Å²) in [7, 11) is 1.35. The average molecular weight is 410 g/mol. The van der Waals surface area contributed by atoms with Crippen LogP contribution in [0.2, 0.25) is 0 Å². The number of rotatable bonds is 9. The van der Waals surface area contributed by atoms with Crippen molar-refractivity contribution in [3.8, 4) is 0 Å². The lowest BCUT2D eigenvalue weighted by Crippen LogP contribution is -2.32. The van der Waals surface area contributed by atoms with E-state index in [-0.39, 0.29) is 18.3 Å². The first kappa shape index (κ1) is 20.6. The molecule has 0 aliphatic carbocycles. The third-order valence-electron chi connectivity index (χ3n) is 4.29. The number of benzene rings is 2. The molecule has 1 amide bonds. The number of nitrogens with one attached hydrogen (secondary N) is 1. The molecule has 0 saturated carbocycles. The molecule has 0 aliphatic rings. The van der Waals surface area contributed by atoms with E-state index < -0.39 is 0 Å². The van der Waals surface area contributed by atoms with Crippen molar-refractivity contribution >= 4 is 23.6 Å². The molecule has 0 fully saturated rings. The Hall–Kier alpha value is -3.13. The van der Waals surface area contributed by atoms with E-state index in [4.69, 9.17) is 4.74 Å². The summed E-state index contributed by atoms with van der Waals surface area (Å²) < 4.78 is 4.72. The maximum atomic E-state index is 13.1. The van der Waals surface area contributed by atoms with Crippen LogP contribution in [0.25, 0.3) is 0 Å². The molecule has 3 rings (SSSR count). The summed E-state index contributed by atoms with van der Waals surface area (Å²) in [4.78, 5) is 30.4. The van der Waals surface area contributed by atoms with E-state index >= 15 is 0 Å². The Morgan fingerprint density at radius 1 is 1.07 bits per heavy atom. The number of aromatic nitrogens is 3. The monoisotopic (exact) mass is 410 g/mol. The van der Waals surface area contributed by atoms with Crippen molar-refractivity contribution in [3.05, 3.63) is 77.6 Å². The molecule has 0 spiro atoms. The number of thioether (sulfide) groups is 1. The highest BCUT2D eigenvalue weighted by Crippen LogP contribution is 2.19. The second-order valence-corrected chi connectivity index (χ2v) is 7.28. The highest BCUT2D eigenvalue weighted by atomic mass is 32.2. The molecule has 1 heterocycles. The van der Waals surface area contributed by atoms with Crippen LogP contribution in [0.4, 0.5) is 0 Å². The lowest BCUT2D eigenvalue weighted by molar-refractivity contribution is -0.140. The fourth-order valence-electron chi connectivity index (χ4n) is 2.73. The largest absolute Gasteiger partial charge is 0.469 e. The fraction of sp³-hybridized carbons (Fsp3) is 0.238. The highest BCUT2D eigenvalue weighted by molar-refractivity contribution is 7.98. The molecule has 0 radical (unpaired) electrons. The van der Waals surface area contributed by atoms with Gasteiger partial charge in [-0.15, -0.1) is 0 Å². The Morgan fingerprint density at radius 2 is 1.83 bits per heavy atom. The molecule has 7 nitrogen and oxygen atoms in total. The molecule has 0 unspecified atom stereocenters. The van der Waals surface area contributed by atoms with Crippen LogP contribution in [0.1, 0.15) is 27.9 Å². The maximum absolute atomic E-state index is 13.1. The van der Waals surface area contributed by atoms with E-state index in [1.165, 1.54) is 13.4 Å². The summed E-state index contributed by atoms with van der Waals surface area (Å²) in [5.74, 6) is 0.266. The zero-order valence-corrected chi connectivity index (χ0v) is 16.9. The number of carbonyl (C=O) groups excluding carboxylic acids is 2. The van der Waals surface area contributed by atoms with E-state index in [0.717, 1.165) is 22.0 Å². The van der Waals surface area contributed by atoms with Crippen molar-refractivity contribution in [1.29, 1.82) is 0 Å². The standard InChI is InChI=1S/C21H22N4O3S/c1-28-19(26)11-12-25(13-16-5-3-2-4-6-16)20(27)18-9-7-17(8-10-18)14-29-21-22-15-23-24-21/h2-10,15H,11-14H2,1H3,(H,22,23,24). The molecular weight excluding hydrogens is 388 g/mol. The van der Waals surface area contributed by atoms with Gasteiger partial charge in [-0.25, -0.2) is 4.98 Å². The molecule has 29 heavy (non-hydrogen) atoms. The number of nitrogens with zero attached hydrogens (tertiary/aromatic N) is 3. The predicted octanol–water partition coefficient (Wildman–Crippen LogP) is 3.30. The van der Waals surface area contributed by atoms with Crippen molar-refractivity contribution in [3.63, 3.8) is 0 Å². The molecule has 0 bridgehead atoms. The fourth-order valence-corrected chi connectivity index (χ4v) is 3.46. The Bertz CT molecular complexity index is 915. The quantitative estimate of drug-likeness (QED) is 0.430. The van der Waals surface area contributed by atoms with Gasteiger partial charge in [-0.3, -0.25) is 14.7 Å². The molecule has 8 heteroatoms. The zero-order valence-electron chi connectivity index (χ0n) is 16.1. The lowest BCUT2D eigenvalue weighted by atomic mass is 10.1. The number of hydrogen-bond donors (Lipinski definition) is 1. The summed E-state index contributed by atoms with van der Waals surface area (Å²) in [5, 5.41) is 7.38. The number of H-pyrrole nitrogens is 1. The first-order chi connectivity index (χ1) is 14.2. The number of ether oxygens (including phenoxy) is 1. The number of amides is 1. The first-order valence-corrected chi connectivity index (χ1v) is 10.1. The minimum absolute atomic E-state index is 0.118. The Balaban J connectivity index is 1.67. The van der Waals surface area contributed by atoms with Gasteiger partial charge >= 0.3 is 5.97 Å². The summed E-state index contributed by atoms with van der Waals surface area (Å²) in [6.45, 7) is 0.725. The van der Waals surface area contributed by atoms with E-state index in [2.05, 4.69) is 15.2 Å². The van der Waals surface area contributed by atoms with Crippen LogP contribution < -0.4 is 0 Å². The van der Waals surface area contributed by atoms with Crippen molar-refractivity contribution < 1.29 is 14.3 Å². The van der Waals surface area contributed by atoms with Crippen LogP contribution in [0.3, 0.4) is 0 Å². The number of hydrogen-bond acceptors (Lipinski definition) is 6. The molecular formula is C21H22N4O3S. The number of methoxy groups -OCH3 is 1. The molecule has 1 N–H and O–H groups in total. The van der Waals surface area contributed by atoms with E-state index in [1.54, 1.807) is 16.7 Å². The first-order valence-electron chi connectivity index (χ1n) is 9.13. The van der Waals surface area contributed by atoms with Gasteiger partial charge in [0.25, 0.3) is 5.91 Å². The van der Waals surface area contributed by atoms with Gasteiger partial charge in [0.15, 0.2) is 5.16 Å². The topological polar surface area (TPSA) is 88.2 Å². The molecule has 0 aliphatic heterocycles. The van der Waals surface area contributed by atoms with Gasteiger partial charge in [-0.05, 0) is 23.3 Å². The van der Waals surface area contributed by atoms with Crippen LogP contribution in [0, 0.1) is 0 Å². The van der Waals surface area contributed by atoms with Crippen LogP contribution in [-0.2, 0) is 21.8 Å². The molecule has 2 aromatic carbocycles. The Morgan fingerprint density at radius 3 is 2.48 bits per heavy atom. The lowest BCUT2D eigenvalue weighted by Gasteiger charge is -2.22. The second kappa shape index (κ2) is 10.4. The smallest absolute Gasteiger partial charge is 0.307 e. The van der Waals surface area contributed by atoms with Crippen molar-refractivity contribution in [1.82, 2.24) is 20.1 Å². The van der Waals surface area contributed by atoms with Gasteiger partial charge in [0, 0.05) is 24.4 Å². The average Bonchev–Trinajstić information content (AvgIpc) is 3.29. The van der Waals surface area contributed by atoms with Gasteiger partial charge in [0.1, 0.15) is 6.33 Å². The third-order valence-corrected chi connectivity index (χ3v) is 5.23.